The van der Waals surface area contributed by atoms with E-state index in [1.54, 1.807) is 0 Å². The molecule has 1 nitrogen and oxygen atoms in total. The first-order chi connectivity index (χ1) is 6.93. The highest BCUT2D eigenvalue weighted by Gasteiger charge is 2.23. The number of hydrogen-bond acceptors (Lipinski definition) is 1. The molecule has 0 saturated heterocycles. The molecular formula is C13H13N. The van der Waals surface area contributed by atoms with Crippen LogP contribution < -0.4 is 0 Å². The minimum atomic E-state index is 0.286. The molecule has 2 atom stereocenters. The van der Waals surface area contributed by atoms with Crippen molar-refractivity contribution in [3.05, 3.63) is 48.1 Å². The average molecular weight is 183 g/mol. The third-order valence-corrected chi connectivity index (χ3v) is 3.03. The number of hydrogen-bond donors (Lipinski definition) is 0. The summed E-state index contributed by atoms with van der Waals surface area (Å²) < 4.78 is 0. The topological polar surface area (TPSA) is 12.4 Å². The van der Waals surface area contributed by atoms with E-state index >= 15 is 0 Å². The largest absolute Gasteiger partial charge is 0.277 e. The predicted octanol–water partition coefficient (Wildman–Crippen LogP) is 2.83. The molecular weight excluding hydrogens is 170 g/mol. The summed E-state index contributed by atoms with van der Waals surface area (Å²) in [6.07, 6.45) is 17.8. The fourth-order valence-corrected chi connectivity index (χ4v) is 2.27. The number of dihydropyridines is 1. The fraction of sp³-hybridized carbons (Fsp3) is 0.308. The zero-order valence-electron chi connectivity index (χ0n) is 8.06. The third kappa shape index (κ3) is 1.20. The first kappa shape index (κ1) is 7.98. The van der Waals surface area contributed by atoms with Crippen molar-refractivity contribution < 1.29 is 0 Å². The Bertz CT molecular complexity index is 393. The van der Waals surface area contributed by atoms with Crippen LogP contribution in [0.3, 0.4) is 0 Å². The van der Waals surface area contributed by atoms with Gasteiger partial charge in [-0.1, -0.05) is 36.5 Å². The minimum Gasteiger partial charge on any atom is -0.277 e. The molecule has 0 aromatic carbocycles. The Morgan fingerprint density at radius 3 is 3.21 bits per heavy atom. The maximum absolute atomic E-state index is 4.75. The van der Waals surface area contributed by atoms with E-state index in [0.717, 1.165) is 0 Å². The number of fused-ring (bicyclic) bond motifs is 2. The number of rotatable bonds is 0. The Kier molecular flexibility index (Phi) is 1.76. The van der Waals surface area contributed by atoms with Gasteiger partial charge in [0.2, 0.25) is 0 Å². The van der Waals surface area contributed by atoms with Crippen LogP contribution in [0.4, 0.5) is 0 Å². The molecule has 0 N–H and O–H groups in total. The van der Waals surface area contributed by atoms with Gasteiger partial charge in [0.1, 0.15) is 0 Å². The molecule has 0 aromatic rings. The monoisotopic (exact) mass is 183 g/mol. The van der Waals surface area contributed by atoms with Gasteiger partial charge in [0.05, 0.1) is 6.04 Å². The molecule has 0 amide bonds. The van der Waals surface area contributed by atoms with E-state index in [0.29, 0.717) is 5.92 Å². The van der Waals surface area contributed by atoms with Crippen molar-refractivity contribution in [1.29, 1.82) is 0 Å². The molecule has 1 heterocycles. The van der Waals surface area contributed by atoms with Gasteiger partial charge >= 0.3 is 0 Å². The minimum absolute atomic E-state index is 0.286. The van der Waals surface area contributed by atoms with E-state index in [9.17, 15) is 0 Å². The van der Waals surface area contributed by atoms with Crippen molar-refractivity contribution in [2.45, 2.75) is 18.9 Å². The van der Waals surface area contributed by atoms with Crippen molar-refractivity contribution >= 4 is 5.71 Å². The summed E-state index contributed by atoms with van der Waals surface area (Å²) in [5.74, 6) is 0.572. The first-order valence-electron chi connectivity index (χ1n) is 5.24. The summed E-state index contributed by atoms with van der Waals surface area (Å²) >= 11 is 0. The second kappa shape index (κ2) is 3.09. The van der Waals surface area contributed by atoms with Crippen LogP contribution in [-0.2, 0) is 0 Å². The number of allylic oxidation sites excluding steroid dienone is 5. The second-order valence-corrected chi connectivity index (χ2v) is 4.00. The van der Waals surface area contributed by atoms with Crippen LogP contribution in [0.25, 0.3) is 0 Å². The van der Waals surface area contributed by atoms with Gasteiger partial charge in [-0.25, -0.2) is 0 Å². The highest BCUT2D eigenvalue weighted by molar-refractivity contribution is 6.00. The Hall–Kier alpha value is -1.37. The normalized spacial score (nSPS) is 33.1. The maximum atomic E-state index is 4.75. The van der Waals surface area contributed by atoms with Crippen molar-refractivity contribution in [2.24, 2.45) is 10.9 Å². The Balaban J connectivity index is 2.01. The van der Waals surface area contributed by atoms with Gasteiger partial charge in [0.25, 0.3) is 0 Å². The summed E-state index contributed by atoms with van der Waals surface area (Å²) in [6.45, 7) is 0. The molecule has 0 radical (unpaired) electrons. The maximum Gasteiger partial charge on any atom is 0.0934 e. The van der Waals surface area contributed by atoms with E-state index < -0.39 is 0 Å². The summed E-state index contributed by atoms with van der Waals surface area (Å²) in [6, 6.07) is 0.286. The molecule has 3 rings (SSSR count). The van der Waals surface area contributed by atoms with Crippen molar-refractivity contribution in [3.63, 3.8) is 0 Å². The number of nitrogens with zero attached hydrogens (tertiary/aromatic N) is 1. The highest BCUT2D eigenvalue weighted by Crippen LogP contribution is 2.28. The molecule has 1 aliphatic heterocycles. The molecule has 0 bridgehead atoms. The lowest BCUT2D eigenvalue weighted by Gasteiger charge is -2.26. The van der Waals surface area contributed by atoms with Gasteiger partial charge in [0.15, 0.2) is 0 Å². The highest BCUT2D eigenvalue weighted by atomic mass is 14.8. The lowest BCUT2D eigenvalue weighted by molar-refractivity contribution is 0.712. The van der Waals surface area contributed by atoms with E-state index in [4.69, 9.17) is 4.99 Å². The molecule has 0 fully saturated rings. The van der Waals surface area contributed by atoms with Crippen molar-refractivity contribution in [2.75, 3.05) is 0 Å². The molecule has 2 unspecified atom stereocenters. The number of aliphatic imine (C=N–C) groups is 1. The summed E-state index contributed by atoms with van der Waals surface area (Å²) in [4.78, 5) is 4.75. The molecule has 0 saturated carbocycles. The van der Waals surface area contributed by atoms with E-state index in [2.05, 4.69) is 42.5 Å². The lowest BCUT2D eigenvalue weighted by atomic mass is 9.85. The van der Waals surface area contributed by atoms with Crippen LogP contribution in [0.1, 0.15) is 12.8 Å². The molecule has 0 spiro atoms. The summed E-state index contributed by atoms with van der Waals surface area (Å²) in [5.41, 5.74) is 2.64. The van der Waals surface area contributed by atoms with Gasteiger partial charge in [-0.3, -0.25) is 4.99 Å². The smallest absolute Gasteiger partial charge is 0.0934 e. The molecule has 14 heavy (non-hydrogen) atoms. The standard InChI is InChI=1S/C13H13N/c1-3-7-12-10(5-1)9-11-6-2-4-8-13(11)14-12/h1,3-5,7-9,11-12H,2,6H2. The van der Waals surface area contributed by atoms with Crippen LogP contribution in [-0.4, -0.2) is 11.8 Å². The van der Waals surface area contributed by atoms with E-state index in [1.807, 2.05) is 0 Å². The molecule has 2 aliphatic carbocycles. The fourth-order valence-electron chi connectivity index (χ4n) is 2.27. The zero-order chi connectivity index (χ0) is 9.38. The van der Waals surface area contributed by atoms with Gasteiger partial charge in [-0.05, 0) is 24.5 Å². The van der Waals surface area contributed by atoms with Crippen LogP contribution in [0.5, 0.6) is 0 Å². The van der Waals surface area contributed by atoms with Crippen molar-refractivity contribution in [3.8, 4) is 0 Å². The van der Waals surface area contributed by atoms with Crippen LogP contribution in [0, 0.1) is 5.92 Å². The zero-order valence-corrected chi connectivity index (χ0v) is 8.06. The first-order valence-corrected chi connectivity index (χ1v) is 5.24. The lowest BCUT2D eigenvalue weighted by Crippen LogP contribution is -2.23. The summed E-state index contributed by atoms with van der Waals surface area (Å²) in [7, 11) is 0. The van der Waals surface area contributed by atoms with E-state index in [1.165, 1.54) is 24.1 Å². The second-order valence-electron chi connectivity index (χ2n) is 4.00. The Morgan fingerprint density at radius 2 is 2.21 bits per heavy atom. The molecule has 3 aliphatic rings. The van der Waals surface area contributed by atoms with Gasteiger partial charge in [-0.2, -0.15) is 0 Å². The Morgan fingerprint density at radius 1 is 1.21 bits per heavy atom. The van der Waals surface area contributed by atoms with Crippen LogP contribution in [0.2, 0.25) is 0 Å². The molecule has 70 valence electrons. The SMILES string of the molecule is C1=CC2=CC3CCC=CC3=NC2C=C1. The van der Waals surface area contributed by atoms with E-state index in [-0.39, 0.29) is 6.04 Å². The van der Waals surface area contributed by atoms with Crippen LogP contribution in [0.15, 0.2) is 53.1 Å². The average Bonchev–Trinajstić information content (AvgIpc) is 2.26. The summed E-state index contributed by atoms with van der Waals surface area (Å²) in [5, 5.41) is 0. The quantitative estimate of drug-likeness (QED) is 0.547. The molecule has 1 heteroatoms. The predicted molar refractivity (Wildman–Crippen MR) is 59.5 cm³/mol. The van der Waals surface area contributed by atoms with Gasteiger partial charge in [0, 0.05) is 11.6 Å². The van der Waals surface area contributed by atoms with Crippen molar-refractivity contribution in [1.82, 2.24) is 0 Å². The molecule has 0 aromatic heterocycles. The van der Waals surface area contributed by atoms with Gasteiger partial charge in [-0.15, -0.1) is 0 Å². The van der Waals surface area contributed by atoms with Gasteiger partial charge < -0.3 is 0 Å². The van der Waals surface area contributed by atoms with Crippen LogP contribution >= 0.6 is 0 Å². The third-order valence-electron chi connectivity index (χ3n) is 3.03. The Labute approximate surface area is 84.2 Å².